The quantitative estimate of drug-likeness (QED) is 0.759. The Morgan fingerprint density at radius 1 is 1.28 bits per heavy atom. The fourth-order valence-electron chi connectivity index (χ4n) is 5.03. The van der Waals surface area contributed by atoms with Crippen LogP contribution in [0.25, 0.3) is 0 Å². The van der Waals surface area contributed by atoms with Gasteiger partial charge in [0, 0.05) is 11.2 Å². The van der Waals surface area contributed by atoms with Gasteiger partial charge in [-0.05, 0) is 69.9 Å². The molecule has 0 saturated heterocycles. The molecule has 2 aliphatic carbocycles. The Hall–Kier alpha value is -1.77. The van der Waals surface area contributed by atoms with E-state index in [1.807, 2.05) is 24.3 Å². The molecule has 2 saturated carbocycles. The lowest BCUT2D eigenvalue weighted by atomic mass is 9.78. The number of para-hydroxylation sites is 1. The number of allylic oxidation sites excluding steroid dienone is 1. The minimum atomic E-state index is -0.543. The van der Waals surface area contributed by atoms with E-state index in [0.717, 1.165) is 18.5 Å². The first-order valence-corrected chi connectivity index (χ1v) is 9.62. The molecule has 1 aromatic carbocycles. The number of carbonyl (C=O) groups is 1. The minimum Gasteiger partial charge on any atom is -0.371 e. The van der Waals surface area contributed by atoms with E-state index in [2.05, 4.69) is 50.1 Å². The number of nitrogens with one attached hydrogen (secondary N) is 2. The van der Waals surface area contributed by atoms with E-state index in [1.54, 1.807) is 0 Å². The summed E-state index contributed by atoms with van der Waals surface area (Å²) in [6.07, 6.45) is 7.59. The fourth-order valence-corrected chi connectivity index (χ4v) is 5.03. The first kappa shape index (κ1) is 18.0. The standard InChI is InChI=1S/C22H32N2O/c1-5-10-19-18-14-9-11-16(18)15-22(19,20(25)24-21(2,3)4)23-17-12-7-6-8-13-17/h5-8,12-13,16,18-19,23H,1,9-11,14-15H2,2-4H3,(H,24,25). The third-order valence-electron chi connectivity index (χ3n) is 5.91. The van der Waals surface area contributed by atoms with Gasteiger partial charge >= 0.3 is 0 Å². The topological polar surface area (TPSA) is 41.1 Å². The SMILES string of the molecule is C=CCC1C2CCCC2CC1(Nc1ccccc1)C(=O)NC(C)(C)C. The van der Waals surface area contributed by atoms with Crippen LogP contribution in [0.4, 0.5) is 5.69 Å². The summed E-state index contributed by atoms with van der Waals surface area (Å²) in [5.41, 5.74) is 0.248. The third kappa shape index (κ3) is 3.61. The van der Waals surface area contributed by atoms with Gasteiger partial charge in [0.25, 0.3) is 0 Å². The Morgan fingerprint density at radius 2 is 2.00 bits per heavy atom. The monoisotopic (exact) mass is 340 g/mol. The van der Waals surface area contributed by atoms with Crippen molar-refractivity contribution in [1.82, 2.24) is 5.32 Å². The Morgan fingerprint density at radius 3 is 2.64 bits per heavy atom. The van der Waals surface area contributed by atoms with Gasteiger partial charge in [-0.3, -0.25) is 4.79 Å². The van der Waals surface area contributed by atoms with E-state index < -0.39 is 5.54 Å². The molecular weight excluding hydrogens is 308 g/mol. The number of benzene rings is 1. The maximum Gasteiger partial charge on any atom is 0.246 e. The molecule has 0 bridgehead atoms. The number of fused-ring (bicyclic) bond motifs is 1. The van der Waals surface area contributed by atoms with Crippen LogP contribution >= 0.6 is 0 Å². The number of carbonyl (C=O) groups excluding carboxylic acids is 1. The number of rotatable bonds is 5. The second-order valence-electron chi connectivity index (χ2n) is 8.86. The zero-order chi connectivity index (χ0) is 18.1. The van der Waals surface area contributed by atoms with Crippen LogP contribution in [0.1, 0.15) is 52.9 Å². The van der Waals surface area contributed by atoms with E-state index in [-0.39, 0.29) is 11.4 Å². The molecule has 0 aliphatic heterocycles. The van der Waals surface area contributed by atoms with Crippen LogP contribution in [0.3, 0.4) is 0 Å². The molecule has 3 nitrogen and oxygen atoms in total. The molecule has 4 atom stereocenters. The molecule has 0 aromatic heterocycles. The summed E-state index contributed by atoms with van der Waals surface area (Å²) in [6, 6.07) is 10.2. The summed E-state index contributed by atoms with van der Waals surface area (Å²) < 4.78 is 0. The van der Waals surface area contributed by atoms with Crippen LogP contribution in [0.15, 0.2) is 43.0 Å². The second-order valence-corrected chi connectivity index (χ2v) is 8.86. The van der Waals surface area contributed by atoms with Crippen molar-refractivity contribution in [3.63, 3.8) is 0 Å². The summed E-state index contributed by atoms with van der Waals surface area (Å²) in [5.74, 6) is 1.72. The van der Waals surface area contributed by atoms with Crippen molar-refractivity contribution in [2.45, 2.75) is 64.0 Å². The largest absolute Gasteiger partial charge is 0.371 e. The normalized spacial score (nSPS) is 31.4. The zero-order valence-electron chi connectivity index (χ0n) is 15.8. The highest BCUT2D eigenvalue weighted by molar-refractivity contribution is 5.91. The fraction of sp³-hybridized carbons (Fsp3) is 0.591. The lowest BCUT2D eigenvalue weighted by Gasteiger charge is -2.39. The van der Waals surface area contributed by atoms with Crippen molar-refractivity contribution in [3.05, 3.63) is 43.0 Å². The Balaban J connectivity index is 1.98. The first-order valence-electron chi connectivity index (χ1n) is 9.62. The van der Waals surface area contributed by atoms with E-state index in [9.17, 15) is 4.79 Å². The zero-order valence-corrected chi connectivity index (χ0v) is 15.8. The third-order valence-corrected chi connectivity index (χ3v) is 5.91. The summed E-state index contributed by atoms with van der Waals surface area (Å²) in [5, 5.41) is 6.94. The number of hydrogen-bond acceptors (Lipinski definition) is 2. The Labute approximate surface area is 152 Å². The molecule has 136 valence electrons. The van der Waals surface area contributed by atoms with Gasteiger partial charge in [-0.2, -0.15) is 0 Å². The van der Waals surface area contributed by atoms with Crippen LogP contribution in [0.2, 0.25) is 0 Å². The highest BCUT2D eigenvalue weighted by Gasteiger charge is 2.58. The van der Waals surface area contributed by atoms with Gasteiger partial charge in [0.05, 0.1) is 0 Å². The van der Waals surface area contributed by atoms with Crippen molar-refractivity contribution >= 4 is 11.6 Å². The predicted octanol–water partition coefficient (Wildman–Crippen LogP) is 4.76. The highest BCUT2D eigenvalue weighted by atomic mass is 16.2. The molecular formula is C22H32N2O. The minimum absolute atomic E-state index is 0.144. The van der Waals surface area contributed by atoms with Crippen molar-refractivity contribution in [1.29, 1.82) is 0 Å². The molecule has 1 aromatic rings. The van der Waals surface area contributed by atoms with Gasteiger partial charge in [0.15, 0.2) is 0 Å². The van der Waals surface area contributed by atoms with E-state index >= 15 is 0 Å². The highest BCUT2D eigenvalue weighted by Crippen LogP contribution is 2.55. The summed E-state index contributed by atoms with van der Waals surface area (Å²) in [6.45, 7) is 10.2. The van der Waals surface area contributed by atoms with E-state index in [1.165, 1.54) is 19.3 Å². The molecule has 25 heavy (non-hydrogen) atoms. The molecule has 1 amide bonds. The molecule has 3 heteroatoms. The van der Waals surface area contributed by atoms with E-state index in [4.69, 9.17) is 0 Å². The number of amides is 1. The Kier molecular flexibility index (Phi) is 4.95. The average molecular weight is 341 g/mol. The van der Waals surface area contributed by atoms with Crippen LogP contribution in [0.5, 0.6) is 0 Å². The van der Waals surface area contributed by atoms with Gasteiger partial charge in [0.1, 0.15) is 5.54 Å². The van der Waals surface area contributed by atoms with Gasteiger partial charge in [-0.1, -0.05) is 37.1 Å². The smallest absolute Gasteiger partial charge is 0.246 e. The predicted molar refractivity (Wildman–Crippen MR) is 104 cm³/mol. The van der Waals surface area contributed by atoms with Crippen LogP contribution in [0, 0.1) is 17.8 Å². The average Bonchev–Trinajstić information content (AvgIpc) is 3.08. The van der Waals surface area contributed by atoms with Crippen molar-refractivity contribution in [3.8, 4) is 0 Å². The van der Waals surface area contributed by atoms with Crippen molar-refractivity contribution in [2.24, 2.45) is 17.8 Å². The van der Waals surface area contributed by atoms with Gasteiger partial charge in [0.2, 0.25) is 5.91 Å². The molecule has 4 unspecified atom stereocenters. The number of anilines is 1. The molecule has 2 fully saturated rings. The molecule has 2 aliphatic rings. The lowest BCUT2D eigenvalue weighted by molar-refractivity contribution is -0.128. The molecule has 0 heterocycles. The van der Waals surface area contributed by atoms with Gasteiger partial charge in [-0.15, -0.1) is 6.58 Å². The van der Waals surface area contributed by atoms with Crippen molar-refractivity contribution in [2.75, 3.05) is 5.32 Å². The molecule has 3 rings (SSSR count). The molecule has 0 radical (unpaired) electrons. The maximum absolute atomic E-state index is 13.5. The van der Waals surface area contributed by atoms with Gasteiger partial charge < -0.3 is 10.6 Å². The van der Waals surface area contributed by atoms with Crippen molar-refractivity contribution < 1.29 is 4.79 Å². The first-order chi connectivity index (χ1) is 11.9. The summed E-state index contributed by atoms with van der Waals surface area (Å²) >= 11 is 0. The number of hydrogen-bond donors (Lipinski definition) is 2. The lowest BCUT2D eigenvalue weighted by Crippen LogP contribution is -2.59. The van der Waals surface area contributed by atoms with Gasteiger partial charge in [-0.25, -0.2) is 0 Å². The maximum atomic E-state index is 13.5. The second kappa shape index (κ2) is 6.86. The Bertz CT molecular complexity index is 619. The van der Waals surface area contributed by atoms with Crippen LogP contribution in [-0.2, 0) is 4.79 Å². The van der Waals surface area contributed by atoms with Crippen LogP contribution in [-0.4, -0.2) is 17.0 Å². The summed E-state index contributed by atoms with van der Waals surface area (Å²) in [4.78, 5) is 13.5. The molecule has 2 N–H and O–H groups in total. The molecule has 0 spiro atoms. The summed E-state index contributed by atoms with van der Waals surface area (Å²) in [7, 11) is 0. The van der Waals surface area contributed by atoms with E-state index in [0.29, 0.717) is 17.8 Å². The van der Waals surface area contributed by atoms with Crippen LogP contribution < -0.4 is 10.6 Å².